The van der Waals surface area contributed by atoms with E-state index in [0.29, 0.717) is 22.1 Å². The van der Waals surface area contributed by atoms with Crippen LogP contribution >= 0.6 is 11.3 Å². The molecule has 0 aliphatic carbocycles. The van der Waals surface area contributed by atoms with Gasteiger partial charge in [-0.15, -0.1) is 0 Å². The van der Waals surface area contributed by atoms with Gasteiger partial charge in [-0.05, 0) is 18.4 Å². The maximum absolute atomic E-state index is 12.0. The molecule has 0 saturated carbocycles. The maximum Gasteiger partial charge on any atom is 0.306 e. The molecular weight excluding hydrogens is 326 g/mol. The molecule has 3 aromatic rings. The van der Waals surface area contributed by atoms with E-state index in [4.69, 9.17) is 4.74 Å². The summed E-state index contributed by atoms with van der Waals surface area (Å²) in [6.07, 6.45) is 0.298. The van der Waals surface area contributed by atoms with Gasteiger partial charge in [0.05, 0.1) is 6.42 Å². The van der Waals surface area contributed by atoms with Crippen molar-refractivity contribution in [1.29, 1.82) is 0 Å². The second kappa shape index (κ2) is 6.92. The van der Waals surface area contributed by atoms with Crippen molar-refractivity contribution in [2.75, 3.05) is 0 Å². The van der Waals surface area contributed by atoms with Crippen LogP contribution in [0.25, 0.3) is 4.96 Å². The van der Waals surface area contributed by atoms with Crippen LogP contribution in [0.2, 0.25) is 0 Å². The van der Waals surface area contributed by atoms with Crippen LogP contribution in [0.1, 0.15) is 35.5 Å². The van der Waals surface area contributed by atoms with Crippen molar-refractivity contribution in [1.82, 2.24) is 14.6 Å². The summed E-state index contributed by atoms with van der Waals surface area (Å²) in [6, 6.07) is 11.2. The third-order valence-corrected chi connectivity index (χ3v) is 4.49. The molecule has 0 amide bonds. The first kappa shape index (κ1) is 16.3. The highest BCUT2D eigenvalue weighted by atomic mass is 32.1. The number of aryl methyl sites for hydroxylation is 1. The third kappa shape index (κ3) is 3.68. The molecule has 0 spiro atoms. The Morgan fingerprint density at radius 3 is 2.83 bits per heavy atom. The van der Waals surface area contributed by atoms with E-state index in [2.05, 4.69) is 10.1 Å². The molecular formula is C17H17N3O3S. The lowest BCUT2D eigenvalue weighted by Gasteiger charge is -2.10. The van der Waals surface area contributed by atoms with Gasteiger partial charge in [0.25, 0.3) is 5.56 Å². The van der Waals surface area contributed by atoms with E-state index >= 15 is 0 Å². The fraction of sp³-hybridized carbons (Fsp3) is 0.294. The van der Waals surface area contributed by atoms with Crippen molar-refractivity contribution >= 4 is 22.3 Å². The lowest BCUT2D eigenvalue weighted by molar-refractivity contribution is -0.145. The van der Waals surface area contributed by atoms with Gasteiger partial charge in [-0.1, -0.05) is 48.6 Å². The van der Waals surface area contributed by atoms with Crippen LogP contribution in [0.15, 0.2) is 41.2 Å². The number of esters is 1. The van der Waals surface area contributed by atoms with Gasteiger partial charge in [0.15, 0.2) is 5.01 Å². The molecule has 2 aromatic heterocycles. The van der Waals surface area contributed by atoms with Crippen LogP contribution in [-0.4, -0.2) is 20.6 Å². The number of nitrogens with zero attached hydrogens (tertiary/aromatic N) is 3. The Bertz CT molecular complexity index is 918. The van der Waals surface area contributed by atoms with Gasteiger partial charge in [0, 0.05) is 11.8 Å². The maximum atomic E-state index is 12.0. The molecule has 0 bridgehead atoms. The Morgan fingerprint density at radius 1 is 1.33 bits per heavy atom. The van der Waals surface area contributed by atoms with Gasteiger partial charge >= 0.3 is 5.97 Å². The van der Waals surface area contributed by atoms with Crippen LogP contribution in [0.3, 0.4) is 0 Å². The molecule has 0 aliphatic heterocycles. The summed E-state index contributed by atoms with van der Waals surface area (Å²) in [7, 11) is 0. The largest absolute Gasteiger partial charge is 0.458 e. The predicted octanol–water partition coefficient (Wildman–Crippen LogP) is 2.70. The second-order valence-electron chi connectivity index (χ2n) is 5.60. The number of benzene rings is 1. The Balaban J connectivity index is 1.62. The molecule has 0 aliphatic rings. The fourth-order valence-corrected chi connectivity index (χ4v) is 3.23. The van der Waals surface area contributed by atoms with Crippen molar-refractivity contribution in [2.45, 2.75) is 32.8 Å². The summed E-state index contributed by atoms with van der Waals surface area (Å²) in [5.74, 6) is -0.205. The lowest BCUT2D eigenvalue weighted by atomic mass is 9.98. The summed E-state index contributed by atoms with van der Waals surface area (Å²) in [6.45, 7) is 3.79. The Hall–Kier alpha value is -2.54. The molecule has 1 atom stereocenters. The molecule has 2 heterocycles. The van der Waals surface area contributed by atoms with E-state index in [9.17, 15) is 9.59 Å². The quantitative estimate of drug-likeness (QED) is 0.666. The summed E-state index contributed by atoms with van der Waals surface area (Å²) in [4.78, 5) is 28.6. The molecule has 7 heteroatoms. The van der Waals surface area contributed by atoms with Gasteiger partial charge in [-0.2, -0.15) is 9.61 Å². The minimum absolute atomic E-state index is 0.0485. The van der Waals surface area contributed by atoms with Gasteiger partial charge in [-0.25, -0.2) is 4.98 Å². The number of carbonyl (C=O) groups excluding carboxylic acids is 1. The number of ether oxygens (including phenoxy) is 1. The van der Waals surface area contributed by atoms with Crippen molar-refractivity contribution in [3.8, 4) is 0 Å². The van der Waals surface area contributed by atoms with E-state index in [1.165, 1.54) is 21.9 Å². The number of hydrogen-bond donors (Lipinski definition) is 0. The smallest absolute Gasteiger partial charge is 0.306 e. The van der Waals surface area contributed by atoms with Crippen molar-refractivity contribution < 1.29 is 9.53 Å². The van der Waals surface area contributed by atoms with Crippen molar-refractivity contribution in [2.24, 2.45) is 0 Å². The summed E-state index contributed by atoms with van der Waals surface area (Å²) in [5, 5.41) is 4.69. The minimum atomic E-state index is -0.290. The topological polar surface area (TPSA) is 73.6 Å². The fourth-order valence-electron chi connectivity index (χ4n) is 2.37. The third-order valence-electron chi connectivity index (χ3n) is 3.61. The van der Waals surface area contributed by atoms with Gasteiger partial charge in [-0.3, -0.25) is 9.59 Å². The zero-order valence-corrected chi connectivity index (χ0v) is 14.2. The number of fused-ring (bicyclic) bond motifs is 1. The molecule has 6 nitrogen and oxygen atoms in total. The van der Waals surface area contributed by atoms with E-state index in [-0.39, 0.29) is 24.1 Å². The Kier molecular flexibility index (Phi) is 4.71. The highest BCUT2D eigenvalue weighted by Gasteiger charge is 2.14. The molecule has 0 unspecified atom stereocenters. The first-order valence-corrected chi connectivity index (χ1v) is 8.41. The molecule has 3 rings (SSSR count). The van der Waals surface area contributed by atoms with Crippen LogP contribution in [0.5, 0.6) is 0 Å². The Labute approximate surface area is 142 Å². The van der Waals surface area contributed by atoms with Gasteiger partial charge < -0.3 is 4.74 Å². The van der Waals surface area contributed by atoms with E-state index in [1.807, 2.05) is 37.3 Å². The number of aromatic nitrogens is 3. The molecule has 24 heavy (non-hydrogen) atoms. The summed E-state index contributed by atoms with van der Waals surface area (Å²) in [5.41, 5.74) is 1.51. The molecule has 0 fully saturated rings. The van der Waals surface area contributed by atoms with E-state index < -0.39 is 0 Å². The van der Waals surface area contributed by atoms with Gasteiger partial charge in [0.1, 0.15) is 6.61 Å². The number of rotatable bonds is 5. The lowest BCUT2D eigenvalue weighted by Crippen LogP contribution is -2.14. The average Bonchev–Trinajstić information content (AvgIpc) is 2.97. The molecule has 1 aromatic carbocycles. The summed E-state index contributed by atoms with van der Waals surface area (Å²) < 4.78 is 6.52. The minimum Gasteiger partial charge on any atom is -0.458 e. The summed E-state index contributed by atoms with van der Waals surface area (Å²) >= 11 is 1.25. The van der Waals surface area contributed by atoms with Crippen molar-refractivity contribution in [3.05, 3.63) is 63.0 Å². The molecule has 124 valence electrons. The Morgan fingerprint density at radius 2 is 2.08 bits per heavy atom. The van der Waals surface area contributed by atoms with Crippen LogP contribution in [0.4, 0.5) is 0 Å². The highest BCUT2D eigenvalue weighted by molar-refractivity contribution is 7.16. The normalized spacial score (nSPS) is 12.2. The molecule has 0 N–H and O–H groups in total. The number of hydrogen-bond acceptors (Lipinski definition) is 6. The highest BCUT2D eigenvalue weighted by Crippen LogP contribution is 2.19. The zero-order valence-electron chi connectivity index (χ0n) is 13.4. The first-order valence-electron chi connectivity index (χ1n) is 7.60. The molecule has 0 saturated heterocycles. The van der Waals surface area contributed by atoms with E-state index in [1.54, 1.807) is 6.92 Å². The monoisotopic (exact) mass is 343 g/mol. The predicted molar refractivity (Wildman–Crippen MR) is 91.1 cm³/mol. The average molecular weight is 343 g/mol. The SMILES string of the molecule is Cc1cc(=O)n2nc(COC(=O)C[C@H](C)c3ccccc3)sc2n1. The van der Waals surface area contributed by atoms with Crippen molar-refractivity contribution in [3.63, 3.8) is 0 Å². The standard InChI is InChI=1S/C17H17N3O3S/c1-11(13-6-4-3-5-7-13)8-16(22)23-10-14-19-20-15(21)9-12(2)18-17(20)24-14/h3-7,9,11H,8,10H2,1-2H3/t11-/m0/s1. The second-order valence-corrected chi connectivity index (χ2v) is 6.64. The van der Waals surface area contributed by atoms with Crippen LogP contribution in [-0.2, 0) is 16.1 Å². The first-order chi connectivity index (χ1) is 11.5. The van der Waals surface area contributed by atoms with Crippen LogP contribution < -0.4 is 5.56 Å². The molecule has 0 radical (unpaired) electrons. The van der Waals surface area contributed by atoms with Gasteiger partial charge in [0.2, 0.25) is 4.96 Å². The number of carbonyl (C=O) groups is 1. The van der Waals surface area contributed by atoms with Crippen LogP contribution in [0, 0.1) is 6.92 Å². The zero-order chi connectivity index (χ0) is 17.1. The van der Waals surface area contributed by atoms with E-state index in [0.717, 1.165) is 5.56 Å².